The predicted molar refractivity (Wildman–Crippen MR) is 163 cm³/mol. The molecule has 3 heterocycles. The van der Waals surface area contributed by atoms with Crippen LogP contribution in [-0.4, -0.2) is 113 Å². The number of hydrogen-bond donors (Lipinski definition) is 2. The normalized spacial score (nSPS) is 20.1. The molecule has 1 aromatic carbocycles. The summed E-state index contributed by atoms with van der Waals surface area (Å²) < 4.78 is 14.0. The van der Waals surface area contributed by atoms with Gasteiger partial charge in [-0.1, -0.05) is 13.3 Å². The van der Waals surface area contributed by atoms with Crippen molar-refractivity contribution in [2.75, 3.05) is 60.7 Å². The Balaban J connectivity index is 1.59. The molecule has 1 fully saturated rings. The number of unbranched alkanes of at least 4 members (excludes halogenated alkanes) is 2. The van der Waals surface area contributed by atoms with E-state index in [4.69, 9.17) is 9.47 Å². The molecule has 43 heavy (non-hydrogen) atoms. The minimum atomic E-state index is -0.892. The topological polar surface area (TPSA) is 117 Å². The SMILES string of the molecule is CCCCN(CCCC[N+](C)(C)C)C(=O)CN1C[C@H](c2cc(CO)c3c(c2)OCO3)[C@@H](C(=O)O)[C@@H]1CCc1nccn1C. The molecule has 3 atom stereocenters. The second kappa shape index (κ2) is 14.5. The van der Waals surface area contributed by atoms with Gasteiger partial charge in [-0.05, 0) is 43.4 Å². The number of carboxylic acid groups (broad SMARTS) is 1. The quantitative estimate of drug-likeness (QED) is 0.223. The number of likely N-dealkylation sites (tertiary alicyclic amines) is 1. The van der Waals surface area contributed by atoms with Crippen LogP contribution in [0, 0.1) is 5.92 Å². The molecule has 2 aromatic rings. The third-order valence-corrected chi connectivity index (χ3v) is 8.77. The number of nitrogens with zero attached hydrogens (tertiary/aromatic N) is 5. The zero-order valence-electron chi connectivity index (χ0n) is 26.5. The van der Waals surface area contributed by atoms with E-state index in [9.17, 15) is 19.8 Å². The van der Waals surface area contributed by atoms with E-state index in [1.807, 2.05) is 34.8 Å². The number of aliphatic hydroxyl groups is 1. The summed E-state index contributed by atoms with van der Waals surface area (Å²) in [6.45, 7) is 5.00. The van der Waals surface area contributed by atoms with Crippen LogP contribution in [-0.2, 0) is 29.7 Å². The van der Waals surface area contributed by atoms with E-state index in [1.165, 1.54) is 0 Å². The predicted octanol–water partition coefficient (Wildman–Crippen LogP) is 2.86. The van der Waals surface area contributed by atoms with Gasteiger partial charge in [-0.25, -0.2) is 4.98 Å². The molecule has 2 N–H and O–H groups in total. The second-order valence-corrected chi connectivity index (χ2v) is 13.0. The highest BCUT2D eigenvalue weighted by atomic mass is 16.7. The number of aliphatic hydroxyl groups excluding tert-OH is 1. The summed E-state index contributed by atoms with van der Waals surface area (Å²) in [4.78, 5) is 35.3. The molecule has 0 radical (unpaired) electrons. The highest BCUT2D eigenvalue weighted by molar-refractivity contribution is 5.79. The van der Waals surface area contributed by atoms with Crippen LogP contribution in [0.3, 0.4) is 0 Å². The van der Waals surface area contributed by atoms with Crippen LogP contribution >= 0.6 is 0 Å². The van der Waals surface area contributed by atoms with Crippen molar-refractivity contribution in [2.45, 2.75) is 64.0 Å². The minimum Gasteiger partial charge on any atom is -0.481 e. The van der Waals surface area contributed by atoms with E-state index < -0.39 is 11.9 Å². The Hall–Kier alpha value is -3.15. The molecule has 0 spiro atoms. The maximum Gasteiger partial charge on any atom is 0.308 e. The fraction of sp³-hybridized carbons (Fsp3) is 0.656. The Morgan fingerprint density at radius 2 is 1.91 bits per heavy atom. The fourth-order valence-electron chi connectivity index (χ4n) is 6.42. The number of aromatic nitrogens is 2. The fourth-order valence-corrected chi connectivity index (χ4v) is 6.42. The lowest BCUT2D eigenvalue weighted by Crippen LogP contribution is -2.45. The maximum atomic E-state index is 13.8. The van der Waals surface area contributed by atoms with Gasteiger partial charge in [0, 0.05) is 63.0 Å². The molecule has 2 aliphatic rings. The van der Waals surface area contributed by atoms with E-state index in [0.717, 1.165) is 48.1 Å². The Labute approximate surface area is 255 Å². The number of aliphatic carboxylic acids is 1. The van der Waals surface area contributed by atoms with Crippen LogP contribution in [0.5, 0.6) is 11.5 Å². The van der Waals surface area contributed by atoms with Crippen molar-refractivity contribution in [1.82, 2.24) is 19.4 Å². The molecule has 0 bridgehead atoms. The van der Waals surface area contributed by atoms with Gasteiger partial charge in [0.15, 0.2) is 11.5 Å². The van der Waals surface area contributed by atoms with E-state index in [-0.39, 0.29) is 37.8 Å². The van der Waals surface area contributed by atoms with Gasteiger partial charge in [0.25, 0.3) is 0 Å². The minimum absolute atomic E-state index is 0.0483. The molecule has 0 unspecified atom stereocenters. The first-order valence-electron chi connectivity index (χ1n) is 15.6. The Morgan fingerprint density at radius 1 is 1.14 bits per heavy atom. The van der Waals surface area contributed by atoms with Crippen LogP contribution in [0.4, 0.5) is 0 Å². The Kier molecular flexibility index (Phi) is 11.1. The lowest BCUT2D eigenvalue weighted by molar-refractivity contribution is -0.870. The van der Waals surface area contributed by atoms with Crippen molar-refractivity contribution < 1.29 is 33.8 Å². The van der Waals surface area contributed by atoms with Crippen molar-refractivity contribution in [2.24, 2.45) is 13.0 Å². The number of hydrogen-bond acceptors (Lipinski definition) is 7. The zero-order valence-corrected chi connectivity index (χ0v) is 26.5. The van der Waals surface area contributed by atoms with Gasteiger partial charge in [0.1, 0.15) is 5.82 Å². The average molecular weight is 601 g/mol. The third-order valence-electron chi connectivity index (χ3n) is 8.77. The summed E-state index contributed by atoms with van der Waals surface area (Å²) in [5, 5.41) is 20.6. The molecule has 1 amide bonds. The van der Waals surface area contributed by atoms with Gasteiger partial charge in [-0.2, -0.15) is 0 Å². The molecule has 1 saturated heterocycles. The number of benzene rings is 1. The first kappa shape index (κ1) is 32.8. The van der Waals surface area contributed by atoms with E-state index in [2.05, 4.69) is 38.0 Å². The molecule has 238 valence electrons. The number of ether oxygens (including phenoxy) is 2. The smallest absolute Gasteiger partial charge is 0.308 e. The maximum absolute atomic E-state index is 13.8. The van der Waals surface area contributed by atoms with Crippen molar-refractivity contribution in [3.63, 3.8) is 0 Å². The van der Waals surface area contributed by atoms with Crippen LogP contribution in [0.25, 0.3) is 0 Å². The van der Waals surface area contributed by atoms with Gasteiger partial charge in [0.05, 0.1) is 46.8 Å². The van der Waals surface area contributed by atoms with Crippen molar-refractivity contribution in [3.05, 3.63) is 41.5 Å². The largest absolute Gasteiger partial charge is 0.481 e. The Bertz CT molecular complexity index is 1240. The number of carboxylic acids is 1. The van der Waals surface area contributed by atoms with E-state index in [0.29, 0.717) is 49.5 Å². The molecule has 4 rings (SSSR count). The van der Waals surface area contributed by atoms with Crippen LogP contribution in [0.15, 0.2) is 24.5 Å². The number of rotatable bonds is 16. The number of imidazole rings is 1. The number of amides is 1. The third kappa shape index (κ3) is 8.27. The van der Waals surface area contributed by atoms with Gasteiger partial charge in [-0.3, -0.25) is 14.5 Å². The number of quaternary nitrogens is 1. The van der Waals surface area contributed by atoms with Gasteiger partial charge < -0.3 is 33.6 Å². The Morgan fingerprint density at radius 3 is 2.56 bits per heavy atom. The van der Waals surface area contributed by atoms with Crippen LogP contribution in [0.2, 0.25) is 0 Å². The molecule has 2 aliphatic heterocycles. The number of aryl methyl sites for hydroxylation is 2. The molecule has 11 nitrogen and oxygen atoms in total. The van der Waals surface area contributed by atoms with Crippen molar-refractivity contribution in [1.29, 1.82) is 0 Å². The van der Waals surface area contributed by atoms with Crippen molar-refractivity contribution >= 4 is 11.9 Å². The lowest BCUT2D eigenvalue weighted by Gasteiger charge is -2.30. The van der Waals surface area contributed by atoms with Gasteiger partial charge in [-0.15, -0.1) is 0 Å². The van der Waals surface area contributed by atoms with Crippen LogP contribution < -0.4 is 9.47 Å². The lowest BCUT2D eigenvalue weighted by atomic mass is 9.83. The van der Waals surface area contributed by atoms with E-state index in [1.54, 1.807) is 6.20 Å². The highest BCUT2D eigenvalue weighted by Gasteiger charge is 2.47. The second-order valence-electron chi connectivity index (χ2n) is 13.0. The summed E-state index contributed by atoms with van der Waals surface area (Å²) in [5.74, 6) is -0.0656. The monoisotopic (exact) mass is 600 g/mol. The standard InChI is InChI=1S/C32H49N5O6/c1-6-7-13-35(14-8-9-16-37(3,4)5)29(39)20-36-19-25(23-17-24(21-38)31-27(18-23)42-22-43-31)30(32(40)41)26(36)10-11-28-33-12-15-34(28)2/h12,15,17-18,25-26,30,38H,6-11,13-14,16,19-22H2,1-5H3/p+1/t25-,26+,30-/m1/s1. The number of fused-ring (bicyclic) bond motifs is 1. The number of carbonyl (C=O) groups is 2. The summed E-state index contributed by atoms with van der Waals surface area (Å²) in [6, 6.07) is 3.30. The first-order chi connectivity index (χ1) is 20.5. The molecule has 11 heteroatoms. The van der Waals surface area contributed by atoms with Gasteiger partial charge in [0.2, 0.25) is 12.7 Å². The average Bonchev–Trinajstić information content (AvgIpc) is 3.68. The van der Waals surface area contributed by atoms with Gasteiger partial charge >= 0.3 is 5.97 Å². The summed E-state index contributed by atoms with van der Waals surface area (Å²) >= 11 is 0. The highest BCUT2D eigenvalue weighted by Crippen LogP contribution is 2.44. The first-order valence-corrected chi connectivity index (χ1v) is 15.6. The van der Waals surface area contributed by atoms with Crippen molar-refractivity contribution in [3.8, 4) is 11.5 Å². The number of carbonyl (C=O) groups excluding carboxylic acids is 1. The summed E-state index contributed by atoms with van der Waals surface area (Å²) in [5.41, 5.74) is 1.36. The summed E-state index contributed by atoms with van der Waals surface area (Å²) in [7, 11) is 8.47. The molecular formula is C32H50N5O6+. The molecule has 1 aromatic heterocycles. The van der Waals surface area contributed by atoms with E-state index >= 15 is 0 Å². The molecule has 0 saturated carbocycles. The summed E-state index contributed by atoms with van der Waals surface area (Å²) in [6.07, 6.45) is 8.70. The molecule has 0 aliphatic carbocycles. The molecular weight excluding hydrogens is 550 g/mol. The zero-order chi connectivity index (χ0) is 31.1. The van der Waals surface area contributed by atoms with Crippen LogP contribution in [0.1, 0.15) is 61.9 Å².